The Bertz CT molecular complexity index is 519. The number of carbonyl (C=O) groups excluding carboxylic acids is 1. The molecule has 1 amide bonds. The van der Waals surface area contributed by atoms with Crippen molar-refractivity contribution >= 4 is 34.0 Å². The third-order valence-electron chi connectivity index (χ3n) is 3.24. The van der Waals surface area contributed by atoms with Crippen LogP contribution in [0.3, 0.4) is 0 Å². The molecule has 1 heterocycles. The van der Waals surface area contributed by atoms with Crippen molar-refractivity contribution in [3.8, 4) is 6.07 Å². The maximum atomic E-state index is 12.0. The van der Waals surface area contributed by atoms with Crippen molar-refractivity contribution < 1.29 is 4.79 Å². The Morgan fingerprint density at radius 1 is 1.63 bits per heavy atom. The molecule has 1 atom stereocenters. The highest BCUT2D eigenvalue weighted by atomic mass is 32.2. The average molecular weight is 295 g/mol. The van der Waals surface area contributed by atoms with Crippen molar-refractivity contribution in [3.05, 3.63) is 16.0 Å². The lowest BCUT2D eigenvalue weighted by Gasteiger charge is -2.10. The predicted octanol–water partition coefficient (Wildman–Crippen LogP) is 2.13. The second-order valence-electron chi connectivity index (χ2n) is 4.55. The highest BCUT2D eigenvalue weighted by Crippen LogP contribution is 2.38. The maximum Gasteiger partial charge on any atom is 0.241 e. The number of carbonyl (C=O) groups is 1. The molecular weight excluding hydrogens is 278 g/mol. The molecule has 0 saturated carbocycles. The molecule has 0 aliphatic heterocycles. The van der Waals surface area contributed by atoms with Crippen LogP contribution in [0.5, 0.6) is 0 Å². The highest BCUT2D eigenvalue weighted by molar-refractivity contribution is 7.98. The molecule has 1 aliphatic rings. The normalized spacial score (nSPS) is 14.8. The minimum Gasteiger partial charge on any atom is -0.320 e. The Labute approximate surface area is 121 Å². The standard InChI is InChI=1S/C13H17N3OS2/c1-18-6-5-10(15)12(17)16-13-9(7-14)8-3-2-4-11(8)19-13/h10H,2-6,15H2,1H3,(H,16,17)/t10-/m1/s1. The van der Waals surface area contributed by atoms with Gasteiger partial charge in [-0.15, -0.1) is 11.3 Å². The molecule has 3 N–H and O–H groups in total. The zero-order chi connectivity index (χ0) is 13.8. The van der Waals surface area contributed by atoms with Crippen LogP contribution in [0.15, 0.2) is 0 Å². The Balaban J connectivity index is 2.08. The third-order valence-corrected chi connectivity index (χ3v) is 5.09. The van der Waals surface area contributed by atoms with Crippen molar-refractivity contribution in [2.75, 3.05) is 17.3 Å². The molecule has 0 fully saturated rings. The minimum absolute atomic E-state index is 0.189. The van der Waals surface area contributed by atoms with E-state index in [0.29, 0.717) is 17.0 Å². The van der Waals surface area contributed by atoms with Gasteiger partial charge in [-0.2, -0.15) is 17.0 Å². The molecule has 0 bridgehead atoms. The fourth-order valence-electron chi connectivity index (χ4n) is 2.19. The summed E-state index contributed by atoms with van der Waals surface area (Å²) >= 11 is 3.20. The Hall–Kier alpha value is -1.03. The lowest BCUT2D eigenvalue weighted by atomic mass is 10.1. The van der Waals surface area contributed by atoms with Crippen LogP contribution in [-0.2, 0) is 17.6 Å². The highest BCUT2D eigenvalue weighted by Gasteiger charge is 2.24. The van der Waals surface area contributed by atoms with Gasteiger partial charge in [0, 0.05) is 4.88 Å². The van der Waals surface area contributed by atoms with Gasteiger partial charge in [-0.3, -0.25) is 4.79 Å². The van der Waals surface area contributed by atoms with Gasteiger partial charge in [0.1, 0.15) is 11.1 Å². The Morgan fingerprint density at radius 2 is 2.42 bits per heavy atom. The minimum atomic E-state index is -0.504. The van der Waals surface area contributed by atoms with Crippen molar-refractivity contribution in [3.63, 3.8) is 0 Å². The first-order valence-corrected chi connectivity index (χ1v) is 8.48. The van der Waals surface area contributed by atoms with Gasteiger partial charge in [-0.25, -0.2) is 0 Å². The van der Waals surface area contributed by atoms with E-state index >= 15 is 0 Å². The number of aryl methyl sites for hydroxylation is 1. The lowest BCUT2D eigenvalue weighted by molar-refractivity contribution is -0.117. The van der Waals surface area contributed by atoms with Crippen molar-refractivity contribution in [1.29, 1.82) is 5.26 Å². The molecule has 1 aromatic heterocycles. The van der Waals surface area contributed by atoms with Crippen molar-refractivity contribution in [2.24, 2.45) is 5.73 Å². The lowest BCUT2D eigenvalue weighted by Crippen LogP contribution is -2.36. The summed E-state index contributed by atoms with van der Waals surface area (Å²) in [5.74, 6) is 0.672. The summed E-state index contributed by atoms with van der Waals surface area (Å²) in [6, 6.07) is 1.71. The van der Waals surface area contributed by atoms with Crippen LogP contribution < -0.4 is 11.1 Å². The summed E-state index contributed by atoms with van der Waals surface area (Å²) in [6.07, 6.45) is 5.71. The number of hydrogen-bond donors (Lipinski definition) is 2. The van der Waals surface area contributed by atoms with Gasteiger partial charge in [-0.1, -0.05) is 0 Å². The first-order chi connectivity index (χ1) is 9.17. The number of thiophene rings is 1. The number of nitriles is 1. The van der Waals surface area contributed by atoms with E-state index in [4.69, 9.17) is 5.73 Å². The average Bonchev–Trinajstić information content (AvgIpc) is 2.95. The van der Waals surface area contributed by atoms with E-state index in [-0.39, 0.29) is 5.91 Å². The molecule has 0 aromatic carbocycles. The number of nitrogens with two attached hydrogens (primary N) is 1. The Kier molecular flexibility index (Phi) is 4.86. The molecule has 1 aromatic rings. The van der Waals surface area contributed by atoms with Crippen molar-refractivity contribution in [1.82, 2.24) is 0 Å². The van der Waals surface area contributed by atoms with E-state index in [0.717, 1.165) is 30.6 Å². The van der Waals surface area contributed by atoms with E-state index < -0.39 is 6.04 Å². The second kappa shape index (κ2) is 6.42. The summed E-state index contributed by atoms with van der Waals surface area (Å²) in [5.41, 5.74) is 7.60. The first kappa shape index (κ1) is 14.4. The zero-order valence-corrected chi connectivity index (χ0v) is 12.5. The van der Waals surface area contributed by atoms with E-state index in [2.05, 4.69) is 11.4 Å². The molecule has 102 valence electrons. The molecule has 1 aliphatic carbocycles. The molecular formula is C13H17N3OS2. The molecule has 4 nitrogen and oxygen atoms in total. The van der Waals surface area contributed by atoms with Crippen LogP contribution in [0.25, 0.3) is 0 Å². The summed E-state index contributed by atoms with van der Waals surface area (Å²) in [6.45, 7) is 0. The first-order valence-electron chi connectivity index (χ1n) is 6.27. The van der Waals surface area contributed by atoms with Gasteiger partial charge >= 0.3 is 0 Å². The molecule has 0 radical (unpaired) electrons. The van der Waals surface area contributed by atoms with E-state index in [1.165, 1.54) is 16.2 Å². The van der Waals surface area contributed by atoms with Crippen LogP contribution in [0.4, 0.5) is 5.00 Å². The number of rotatable bonds is 5. The molecule has 2 rings (SSSR count). The number of thioether (sulfide) groups is 1. The van der Waals surface area contributed by atoms with E-state index in [9.17, 15) is 10.1 Å². The summed E-state index contributed by atoms with van der Waals surface area (Å²) in [5, 5.41) is 12.7. The molecule has 0 unspecified atom stereocenters. The zero-order valence-electron chi connectivity index (χ0n) is 10.9. The largest absolute Gasteiger partial charge is 0.320 e. The number of fused-ring (bicyclic) bond motifs is 1. The fraction of sp³-hybridized carbons (Fsp3) is 0.538. The number of amides is 1. The van der Waals surface area contributed by atoms with E-state index in [1.54, 1.807) is 11.8 Å². The Morgan fingerprint density at radius 3 is 3.11 bits per heavy atom. The van der Waals surface area contributed by atoms with Crippen LogP contribution in [0.1, 0.15) is 28.8 Å². The van der Waals surface area contributed by atoms with E-state index in [1.807, 2.05) is 6.26 Å². The molecule has 0 spiro atoms. The SMILES string of the molecule is CSCC[C@@H](N)C(=O)Nc1sc2c(c1C#N)CCC2. The van der Waals surface area contributed by atoms with Gasteiger partial charge in [-0.05, 0) is 43.3 Å². The molecule has 19 heavy (non-hydrogen) atoms. The fourth-order valence-corrected chi connectivity index (χ4v) is 3.92. The number of anilines is 1. The van der Waals surface area contributed by atoms with Gasteiger partial charge in [0.2, 0.25) is 5.91 Å². The van der Waals surface area contributed by atoms with Crippen LogP contribution in [-0.4, -0.2) is 24.0 Å². The van der Waals surface area contributed by atoms with Crippen LogP contribution in [0, 0.1) is 11.3 Å². The molecule has 0 saturated heterocycles. The quantitative estimate of drug-likeness (QED) is 0.872. The second-order valence-corrected chi connectivity index (χ2v) is 6.64. The van der Waals surface area contributed by atoms with Gasteiger partial charge in [0.25, 0.3) is 0 Å². The molecule has 6 heteroatoms. The summed E-state index contributed by atoms with van der Waals surface area (Å²) in [7, 11) is 0. The van der Waals surface area contributed by atoms with Gasteiger partial charge in [0.05, 0.1) is 11.6 Å². The smallest absolute Gasteiger partial charge is 0.241 e. The van der Waals surface area contributed by atoms with Crippen LogP contribution >= 0.6 is 23.1 Å². The third kappa shape index (κ3) is 3.11. The van der Waals surface area contributed by atoms with Gasteiger partial charge < -0.3 is 11.1 Å². The van der Waals surface area contributed by atoms with Gasteiger partial charge in [0.15, 0.2) is 0 Å². The summed E-state index contributed by atoms with van der Waals surface area (Å²) in [4.78, 5) is 13.2. The number of nitrogens with zero attached hydrogens (tertiary/aromatic N) is 1. The van der Waals surface area contributed by atoms with Crippen molar-refractivity contribution in [2.45, 2.75) is 31.7 Å². The monoisotopic (exact) mass is 295 g/mol. The predicted molar refractivity (Wildman–Crippen MR) is 80.7 cm³/mol. The van der Waals surface area contributed by atoms with Crippen LogP contribution in [0.2, 0.25) is 0 Å². The maximum absolute atomic E-state index is 12.0. The number of hydrogen-bond acceptors (Lipinski definition) is 5. The topological polar surface area (TPSA) is 78.9 Å². The number of nitrogens with one attached hydrogen (secondary N) is 1. The summed E-state index contributed by atoms with van der Waals surface area (Å²) < 4.78 is 0.